The molecule has 2 aromatic heterocycles. The maximum Gasteiger partial charge on any atom is 0.471 e. The molecule has 14 heteroatoms. The van der Waals surface area contributed by atoms with Crippen LogP contribution < -0.4 is 10.6 Å². The van der Waals surface area contributed by atoms with Crippen molar-refractivity contribution in [3.8, 4) is 18.4 Å². The molecule has 2 aliphatic rings. The largest absolute Gasteiger partial charge is 0.471 e. The Hall–Kier alpha value is -4.17. The highest BCUT2D eigenvalue weighted by molar-refractivity contribution is 5.88. The van der Waals surface area contributed by atoms with Gasteiger partial charge in [0.05, 0.1) is 30.4 Å². The Morgan fingerprint density at radius 2 is 1.95 bits per heavy atom. The third-order valence-corrected chi connectivity index (χ3v) is 7.99. The van der Waals surface area contributed by atoms with Gasteiger partial charge in [0, 0.05) is 43.9 Å². The smallest absolute Gasteiger partial charge is 0.381 e. The van der Waals surface area contributed by atoms with Gasteiger partial charge >= 0.3 is 12.1 Å². The summed E-state index contributed by atoms with van der Waals surface area (Å²) in [5.41, 5.74) is 1.61. The molecule has 1 unspecified atom stereocenters. The van der Waals surface area contributed by atoms with Gasteiger partial charge in [-0.1, -0.05) is 20.8 Å². The number of aryl methyl sites for hydroxylation is 1. The van der Waals surface area contributed by atoms with E-state index < -0.39 is 30.6 Å². The van der Waals surface area contributed by atoms with Gasteiger partial charge in [0.15, 0.2) is 0 Å². The Kier molecular flexibility index (Phi) is 12.1. The number of nitrogens with one attached hydrogen (secondary N) is 2. The molecule has 0 radical (unpaired) electrons. The molecule has 3 heterocycles. The average Bonchev–Trinajstić information content (AvgIpc) is 3.37. The quantitative estimate of drug-likeness (QED) is 0.381. The van der Waals surface area contributed by atoms with Crippen molar-refractivity contribution in [1.29, 1.82) is 5.26 Å². The van der Waals surface area contributed by atoms with Crippen molar-refractivity contribution in [2.45, 2.75) is 71.3 Å². The standard InChI is InChI=1S/C12H19F3N2O2.C12H9N5O.C5H10O/c1-7-8(2)17(6-11(7,3)4)9(18)5-16-10(19)12(13,14)15;1-3-9-12-8(10(4-13)15-7-18)5-14-6-11(12)17(2)16-9;1-6-5-3-2-4-5/h7-8H,5-6H2,1-4H3,(H,16,19);1,5-7,10H,2H3,(H,15,18);5H,2-4H2,1H3/t7-,8+;;/m0../s1. The fraction of sp³-hybridized carbons (Fsp3) is 0.586. The van der Waals surface area contributed by atoms with E-state index in [0.29, 0.717) is 41.2 Å². The van der Waals surface area contributed by atoms with Crippen molar-refractivity contribution in [1.82, 2.24) is 30.3 Å². The molecular weight excluding hydrogens is 567 g/mol. The Balaban J connectivity index is 0.000000251. The molecular formula is C29H38F3N7O4. The van der Waals surface area contributed by atoms with Gasteiger partial charge in [0.1, 0.15) is 11.7 Å². The zero-order chi connectivity index (χ0) is 32.5. The number of alkyl halides is 3. The van der Waals surface area contributed by atoms with Crippen molar-refractivity contribution in [2.75, 3.05) is 20.2 Å². The van der Waals surface area contributed by atoms with Crippen molar-refractivity contribution < 1.29 is 32.3 Å². The highest BCUT2D eigenvalue weighted by Crippen LogP contribution is 2.39. The Morgan fingerprint density at radius 3 is 2.37 bits per heavy atom. The van der Waals surface area contributed by atoms with Crippen LogP contribution in [0.5, 0.6) is 0 Å². The monoisotopic (exact) mass is 605 g/mol. The lowest BCUT2D eigenvalue weighted by Crippen LogP contribution is -2.45. The van der Waals surface area contributed by atoms with Gasteiger partial charge < -0.3 is 20.3 Å². The van der Waals surface area contributed by atoms with Crippen LogP contribution in [0.15, 0.2) is 12.4 Å². The molecule has 43 heavy (non-hydrogen) atoms. The number of likely N-dealkylation sites (tertiary alicyclic amines) is 1. The highest BCUT2D eigenvalue weighted by atomic mass is 19.4. The minimum absolute atomic E-state index is 0.0507. The van der Waals surface area contributed by atoms with Crippen LogP contribution in [-0.4, -0.2) is 76.4 Å². The summed E-state index contributed by atoms with van der Waals surface area (Å²) in [6, 6.07) is 1.14. The van der Waals surface area contributed by atoms with Crippen LogP contribution in [0.25, 0.3) is 10.9 Å². The molecule has 3 atom stereocenters. The van der Waals surface area contributed by atoms with Crippen LogP contribution in [0.2, 0.25) is 0 Å². The maximum absolute atomic E-state index is 12.0. The van der Waals surface area contributed by atoms with Crippen LogP contribution in [-0.2, 0) is 26.2 Å². The number of terminal acetylenes is 1. The Bertz CT molecular complexity index is 1370. The predicted molar refractivity (Wildman–Crippen MR) is 152 cm³/mol. The molecule has 2 N–H and O–H groups in total. The number of carbonyl (C=O) groups excluding carboxylic acids is 3. The van der Waals surface area contributed by atoms with Crippen LogP contribution in [0.4, 0.5) is 13.2 Å². The molecule has 11 nitrogen and oxygen atoms in total. The molecule has 0 aromatic carbocycles. The number of nitrogens with zero attached hydrogens (tertiary/aromatic N) is 5. The summed E-state index contributed by atoms with van der Waals surface area (Å²) in [6.45, 7) is 7.75. The number of amides is 3. The lowest BCUT2D eigenvalue weighted by Gasteiger charge is -2.23. The molecule has 3 amide bonds. The average molecular weight is 606 g/mol. The van der Waals surface area contributed by atoms with Crippen LogP contribution in [0.1, 0.15) is 64.3 Å². The van der Waals surface area contributed by atoms with E-state index in [1.54, 1.807) is 30.4 Å². The summed E-state index contributed by atoms with van der Waals surface area (Å²) in [7, 11) is 3.52. The Labute approximate surface area is 249 Å². The van der Waals surface area contributed by atoms with Crippen molar-refractivity contribution in [3.63, 3.8) is 0 Å². The molecule has 1 aliphatic heterocycles. The van der Waals surface area contributed by atoms with Crippen molar-refractivity contribution >= 4 is 29.1 Å². The van der Waals surface area contributed by atoms with Gasteiger partial charge in [-0.05, 0) is 43.4 Å². The molecule has 1 saturated carbocycles. The van der Waals surface area contributed by atoms with Crippen LogP contribution >= 0.6 is 0 Å². The SMILES string of the molecule is C#Cc1nn(C)c2cncc(C(C#N)NC=O)c12.COC1CCC1.C[C@@H]1[C@H](C)C(C)(C)CN1C(=O)CNC(=O)C(F)(F)F. The molecule has 234 valence electrons. The van der Waals surface area contributed by atoms with Gasteiger partial charge in [-0.15, -0.1) is 6.42 Å². The summed E-state index contributed by atoms with van der Waals surface area (Å²) >= 11 is 0. The van der Waals surface area contributed by atoms with E-state index in [2.05, 4.69) is 21.3 Å². The van der Waals surface area contributed by atoms with Gasteiger partial charge in [-0.25, -0.2) is 0 Å². The third-order valence-electron chi connectivity index (χ3n) is 7.99. The number of halogens is 3. The summed E-state index contributed by atoms with van der Waals surface area (Å²) < 4.78 is 42.6. The van der Waals surface area contributed by atoms with Gasteiger partial charge in [0.2, 0.25) is 12.3 Å². The number of hydrogen-bond acceptors (Lipinski definition) is 7. The van der Waals surface area contributed by atoms with E-state index in [4.69, 9.17) is 16.4 Å². The lowest BCUT2D eigenvalue weighted by molar-refractivity contribution is -0.174. The van der Waals surface area contributed by atoms with E-state index in [1.165, 1.54) is 30.4 Å². The second-order valence-electron chi connectivity index (χ2n) is 11.1. The molecule has 1 saturated heterocycles. The van der Waals surface area contributed by atoms with Crippen LogP contribution in [0, 0.1) is 35.0 Å². The number of carbonyl (C=O) groups is 3. The first-order chi connectivity index (χ1) is 20.1. The first kappa shape index (κ1) is 35.0. The molecule has 2 fully saturated rings. The zero-order valence-electron chi connectivity index (χ0n) is 25.2. The minimum Gasteiger partial charge on any atom is -0.381 e. The van der Waals surface area contributed by atoms with E-state index >= 15 is 0 Å². The number of pyridine rings is 1. The molecule has 2 aromatic rings. The molecule has 1 aliphatic carbocycles. The van der Waals surface area contributed by atoms with Gasteiger partial charge in [-0.2, -0.15) is 23.5 Å². The lowest BCUT2D eigenvalue weighted by atomic mass is 9.81. The number of aromatic nitrogens is 3. The number of hydrogen-bond donors (Lipinski definition) is 2. The first-order valence-electron chi connectivity index (χ1n) is 13.7. The van der Waals surface area contributed by atoms with E-state index in [0.717, 1.165) is 0 Å². The van der Waals surface area contributed by atoms with Crippen molar-refractivity contribution in [3.05, 3.63) is 23.7 Å². The highest BCUT2D eigenvalue weighted by Gasteiger charge is 2.44. The summed E-state index contributed by atoms with van der Waals surface area (Å²) in [6.07, 6.45) is 8.60. The number of ether oxygens (including phenoxy) is 1. The first-order valence-corrected chi connectivity index (χ1v) is 13.7. The second kappa shape index (κ2) is 14.8. The van der Waals surface area contributed by atoms with Gasteiger partial charge in [-0.3, -0.25) is 24.0 Å². The van der Waals surface area contributed by atoms with E-state index in [1.807, 2.05) is 33.8 Å². The predicted octanol–water partition coefficient (Wildman–Crippen LogP) is 3.00. The fourth-order valence-corrected chi connectivity index (χ4v) is 4.74. The fourth-order valence-electron chi connectivity index (χ4n) is 4.74. The zero-order valence-corrected chi connectivity index (χ0v) is 25.2. The second-order valence-corrected chi connectivity index (χ2v) is 11.1. The van der Waals surface area contributed by atoms with Gasteiger partial charge in [0.25, 0.3) is 0 Å². The third kappa shape index (κ3) is 8.67. The summed E-state index contributed by atoms with van der Waals surface area (Å²) in [4.78, 5) is 38.6. The number of nitriles is 1. The van der Waals surface area contributed by atoms with E-state index in [9.17, 15) is 27.6 Å². The minimum atomic E-state index is -4.95. The number of methoxy groups -OCH3 is 1. The van der Waals surface area contributed by atoms with Crippen LogP contribution in [0.3, 0.4) is 0 Å². The normalized spacial score (nSPS) is 19.7. The summed E-state index contributed by atoms with van der Waals surface area (Å²) in [5.74, 6) is 0.145. The topological polar surface area (TPSA) is 142 Å². The number of fused-ring (bicyclic) bond motifs is 1. The molecule has 0 bridgehead atoms. The van der Waals surface area contributed by atoms with Crippen molar-refractivity contribution in [2.24, 2.45) is 18.4 Å². The maximum atomic E-state index is 12.0. The number of rotatable bonds is 6. The molecule has 0 spiro atoms. The Morgan fingerprint density at radius 1 is 1.30 bits per heavy atom. The summed E-state index contributed by atoms with van der Waals surface area (Å²) in [5, 5.41) is 17.9. The molecule has 4 rings (SSSR count). The van der Waals surface area contributed by atoms with E-state index in [-0.39, 0.29) is 17.4 Å².